The van der Waals surface area contributed by atoms with Crippen molar-refractivity contribution >= 4 is 15.9 Å². The Bertz CT molecular complexity index is 535. The van der Waals surface area contributed by atoms with E-state index in [2.05, 4.69) is 68.6 Å². The highest BCUT2D eigenvalue weighted by Gasteiger charge is 2.19. The zero-order valence-corrected chi connectivity index (χ0v) is 13.5. The fraction of sp³-hybridized carbons (Fsp3) is 0.400. The quantitative estimate of drug-likeness (QED) is 0.882. The van der Waals surface area contributed by atoms with Crippen molar-refractivity contribution in [1.82, 2.24) is 14.5 Å². The minimum absolute atomic E-state index is 0.182. The van der Waals surface area contributed by atoms with Crippen molar-refractivity contribution in [2.75, 3.05) is 13.6 Å². The Morgan fingerprint density at radius 2 is 2.05 bits per heavy atom. The summed E-state index contributed by atoms with van der Waals surface area (Å²) in [5.41, 5.74) is 8.43. The van der Waals surface area contributed by atoms with Crippen molar-refractivity contribution in [2.45, 2.75) is 26.1 Å². The minimum Gasteiger partial charge on any atom is -0.333 e. The molecule has 1 heterocycles. The molecule has 1 unspecified atom stereocenters. The van der Waals surface area contributed by atoms with Crippen LogP contribution in [0.25, 0.3) is 0 Å². The van der Waals surface area contributed by atoms with Gasteiger partial charge in [-0.15, -0.1) is 0 Å². The summed E-state index contributed by atoms with van der Waals surface area (Å²) in [6.45, 7) is 4.48. The van der Waals surface area contributed by atoms with Crippen LogP contribution in [0.2, 0.25) is 0 Å². The van der Waals surface area contributed by atoms with Crippen molar-refractivity contribution < 1.29 is 0 Å². The summed E-state index contributed by atoms with van der Waals surface area (Å²) >= 11 is 3.46. The molecule has 0 aliphatic heterocycles. The lowest BCUT2D eigenvalue weighted by atomic mass is 10.1. The number of nitrogens with two attached hydrogens (primary N) is 1. The molecule has 2 aromatic rings. The molecule has 4 nitrogen and oxygen atoms in total. The predicted molar refractivity (Wildman–Crippen MR) is 85.3 cm³/mol. The van der Waals surface area contributed by atoms with Crippen molar-refractivity contribution in [1.29, 1.82) is 0 Å². The highest BCUT2D eigenvalue weighted by molar-refractivity contribution is 9.10. The second kappa shape index (κ2) is 7.02. The van der Waals surface area contributed by atoms with E-state index in [9.17, 15) is 0 Å². The standard InChI is InChI=1S/C15H21BrN4/c1-3-20-11-18-9-15(20)14(8-17)19(2)10-12-4-6-13(16)7-5-12/h4-7,9,11,14H,3,8,10,17H2,1-2H3. The van der Waals surface area contributed by atoms with Gasteiger partial charge in [-0.05, 0) is 31.7 Å². The molecule has 1 aromatic carbocycles. The number of likely N-dealkylation sites (N-methyl/N-ethyl adjacent to an activating group) is 1. The average molecular weight is 337 g/mol. The number of aryl methyl sites for hydroxylation is 1. The fourth-order valence-electron chi connectivity index (χ4n) is 2.39. The SMILES string of the molecule is CCn1cncc1C(CN)N(C)Cc1ccc(Br)cc1. The van der Waals surface area contributed by atoms with Crippen LogP contribution < -0.4 is 5.73 Å². The minimum atomic E-state index is 0.182. The maximum atomic E-state index is 5.98. The first-order chi connectivity index (χ1) is 9.65. The largest absolute Gasteiger partial charge is 0.333 e. The zero-order valence-electron chi connectivity index (χ0n) is 12.0. The number of imidazole rings is 1. The van der Waals surface area contributed by atoms with Crippen LogP contribution in [-0.2, 0) is 13.1 Å². The van der Waals surface area contributed by atoms with Gasteiger partial charge in [0, 0.05) is 30.3 Å². The van der Waals surface area contributed by atoms with E-state index in [-0.39, 0.29) is 6.04 Å². The number of hydrogen-bond acceptors (Lipinski definition) is 3. The molecule has 0 fully saturated rings. The molecule has 0 bridgehead atoms. The van der Waals surface area contributed by atoms with Gasteiger partial charge >= 0.3 is 0 Å². The Hall–Kier alpha value is -1.17. The molecule has 5 heteroatoms. The van der Waals surface area contributed by atoms with Crippen molar-refractivity contribution in [2.24, 2.45) is 5.73 Å². The van der Waals surface area contributed by atoms with Gasteiger partial charge in [0.1, 0.15) is 0 Å². The molecule has 2 N–H and O–H groups in total. The topological polar surface area (TPSA) is 47.1 Å². The second-order valence-electron chi connectivity index (χ2n) is 4.90. The van der Waals surface area contributed by atoms with E-state index in [4.69, 9.17) is 5.73 Å². The lowest BCUT2D eigenvalue weighted by Gasteiger charge is -2.27. The second-order valence-corrected chi connectivity index (χ2v) is 5.81. The molecule has 108 valence electrons. The third-order valence-corrected chi connectivity index (χ3v) is 4.06. The van der Waals surface area contributed by atoms with Gasteiger partial charge in [-0.3, -0.25) is 4.90 Å². The Balaban J connectivity index is 2.13. The van der Waals surface area contributed by atoms with Crippen LogP contribution in [0.3, 0.4) is 0 Å². The van der Waals surface area contributed by atoms with Gasteiger partial charge in [0.05, 0.1) is 18.1 Å². The molecule has 0 aliphatic carbocycles. The monoisotopic (exact) mass is 336 g/mol. The number of hydrogen-bond donors (Lipinski definition) is 1. The predicted octanol–water partition coefficient (Wildman–Crippen LogP) is 2.80. The smallest absolute Gasteiger partial charge is 0.0948 e. The van der Waals surface area contributed by atoms with E-state index in [1.807, 2.05) is 12.5 Å². The normalized spacial score (nSPS) is 12.8. The summed E-state index contributed by atoms with van der Waals surface area (Å²) in [7, 11) is 2.10. The number of rotatable bonds is 6. The molecular formula is C15H21BrN4. The number of nitrogens with zero attached hydrogens (tertiary/aromatic N) is 3. The summed E-state index contributed by atoms with van der Waals surface area (Å²) in [6.07, 6.45) is 3.78. The highest BCUT2D eigenvalue weighted by atomic mass is 79.9. The summed E-state index contributed by atoms with van der Waals surface area (Å²) in [6, 6.07) is 8.57. The maximum absolute atomic E-state index is 5.98. The highest BCUT2D eigenvalue weighted by Crippen LogP contribution is 2.21. The zero-order chi connectivity index (χ0) is 14.5. The summed E-state index contributed by atoms with van der Waals surface area (Å²) in [5.74, 6) is 0. The van der Waals surface area contributed by atoms with E-state index < -0.39 is 0 Å². The van der Waals surface area contributed by atoms with Crippen molar-refractivity contribution in [3.8, 4) is 0 Å². The first-order valence-electron chi connectivity index (χ1n) is 6.80. The molecule has 0 saturated heterocycles. The van der Waals surface area contributed by atoms with Crippen LogP contribution in [0.15, 0.2) is 41.3 Å². The van der Waals surface area contributed by atoms with Gasteiger partial charge in [-0.25, -0.2) is 4.98 Å². The first kappa shape index (κ1) is 15.2. The molecule has 0 radical (unpaired) electrons. The Kier molecular flexibility index (Phi) is 5.34. The number of benzene rings is 1. The third-order valence-electron chi connectivity index (χ3n) is 3.53. The van der Waals surface area contributed by atoms with Crippen LogP contribution >= 0.6 is 15.9 Å². The Morgan fingerprint density at radius 3 is 2.65 bits per heavy atom. The number of halogens is 1. The van der Waals surface area contributed by atoms with E-state index in [0.717, 1.165) is 17.6 Å². The van der Waals surface area contributed by atoms with E-state index >= 15 is 0 Å². The maximum Gasteiger partial charge on any atom is 0.0948 e. The average Bonchev–Trinajstić information content (AvgIpc) is 2.90. The van der Waals surface area contributed by atoms with Gasteiger partial charge < -0.3 is 10.3 Å². The lowest BCUT2D eigenvalue weighted by molar-refractivity contribution is 0.232. The third kappa shape index (κ3) is 3.48. The molecule has 1 atom stereocenters. The van der Waals surface area contributed by atoms with Crippen LogP contribution in [0.5, 0.6) is 0 Å². The van der Waals surface area contributed by atoms with E-state index in [1.54, 1.807) is 0 Å². The van der Waals surface area contributed by atoms with E-state index in [0.29, 0.717) is 6.54 Å². The van der Waals surface area contributed by atoms with Crippen LogP contribution in [0.4, 0.5) is 0 Å². The molecule has 0 spiro atoms. The first-order valence-corrected chi connectivity index (χ1v) is 7.59. The summed E-state index contributed by atoms with van der Waals surface area (Å²) in [5, 5.41) is 0. The van der Waals surface area contributed by atoms with Gasteiger partial charge in [0.25, 0.3) is 0 Å². The van der Waals surface area contributed by atoms with Crippen molar-refractivity contribution in [3.63, 3.8) is 0 Å². The molecule has 1 aromatic heterocycles. The van der Waals surface area contributed by atoms with Crippen molar-refractivity contribution in [3.05, 3.63) is 52.5 Å². The molecule has 0 aliphatic rings. The van der Waals surface area contributed by atoms with Crippen LogP contribution in [0.1, 0.15) is 24.2 Å². The molecule has 20 heavy (non-hydrogen) atoms. The van der Waals surface area contributed by atoms with Gasteiger partial charge in [-0.2, -0.15) is 0 Å². The Labute approximate surface area is 128 Å². The van der Waals surface area contributed by atoms with Gasteiger partial charge in [-0.1, -0.05) is 28.1 Å². The van der Waals surface area contributed by atoms with Gasteiger partial charge in [0.15, 0.2) is 0 Å². The lowest BCUT2D eigenvalue weighted by Crippen LogP contribution is -2.31. The van der Waals surface area contributed by atoms with E-state index in [1.165, 1.54) is 11.3 Å². The number of aromatic nitrogens is 2. The summed E-state index contributed by atoms with van der Waals surface area (Å²) in [4.78, 5) is 6.51. The molecule has 2 rings (SSSR count). The molecule has 0 saturated carbocycles. The van der Waals surface area contributed by atoms with Crippen LogP contribution in [-0.4, -0.2) is 28.0 Å². The molecule has 0 amide bonds. The van der Waals surface area contributed by atoms with Crippen LogP contribution in [0, 0.1) is 0 Å². The Morgan fingerprint density at radius 1 is 1.35 bits per heavy atom. The summed E-state index contributed by atoms with van der Waals surface area (Å²) < 4.78 is 3.25. The molecular weight excluding hydrogens is 316 g/mol. The fourth-order valence-corrected chi connectivity index (χ4v) is 2.65. The van der Waals surface area contributed by atoms with Gasteiger partial charge in [0.2, 0.25) is 0 Å².